The Morgan fingerprint density at radius 1 is 1.39 bits per heavy atom. The first-order valence-corrected chi connectivity index (χ1v) is 7.71. The molecule has 0 bridgehead atoms. The Morgan fingerprint density at radius 2 is 2.11 bits per heavy atom. The first-order chi connectivity index (χ1) is 8.63. The van der Waals surface area contributed by atoms with Gasteiger partial charge in [-0.3, -0.25) is 10.1 Å². The molecule has 0 radical (unpaired) electrons. The van der Waals surface area contributed by atoms with Crippen LogP contribution in [0.25, 0.3) is 0 Å². The van der Waals surface area contributed by atoms with Crippen LogP contribution in [-0.4, -0.2) is 29.1 Å². The van der Waals surface area contributed by atoms with E-state index in [2.05, 4.69) is 31.0 Å². The zero-order chi connectivity index (χ0) is 13.1. The van der Waals surface area contributed by atoms with Crippen molar-refractivity contribution < 1.29 is 4.79 Å². The van der Waals surface area contributed by atoms with Gasteiger partial charge in [0, 0.05) is 6.04 Å². The number of rotatable bonds is 6. The highest BCUT2D eigenvalue weighted by molar-refractivity contribution is 5.84. The molecule has 2 atom stereocenters. The molecule has 2 rings (SSSR count). The van der Waals surface area contributed by atoms with Crippen molar-refractivity contribution in [1.29, 1.82) is 0 Å². The van der Waals surface area contributed by atoms with E-state index >= 15 is 0 Å². The molecule has 3 heteroatoms. The molecule has 1 heterocycles. The van der Waals surface area contributed by atoms with Crippen LogP contribution in [0.3, 0.4) is 0 Å². The molecule has 1 saturated carbocycles. The fourth-order valence-electron chi connectivity index (χ4n) is 3.06. The molecule has 2 unspecified atom stereocenters. The van der Waals surface area contributed by atoms with Crippen LogP contribution >= 0.6 is 0 Å². The van der Waals surface area contributed by atoms with Gasteiger partial charge in [-0.1, -0.05) is 33.6 Å². The van der Waals surface area contributed by atoms with Crippen molar-refractivity contribution in [1.82, 2.24) is 10.2 Å². The maximum Gasteiger partial charge on any atom is 0.241 e. The van der Waals surface area contributed by atoms with Crippen molar-refractivity contribution in [3.05, 3.63) is 0 Å². The molecule has 1 N–H and O–H groups in total. The van der Waals surface area contributed by atoms with Gasteiger partial charge >= 0.3 is 0 Å². The summed E-state index contributed by atoms with van der Waals surface area (Å²) in [5.41, 5.74) is 0. The van der Waals surface area contributed by atoms with Gasteiger partial charge in [-0.2, -0.15) is 0 Å². The third-order valence-corrected chi connectivity index (χ3v) is 4.29. The topological polar surface area (TPSA) is 32.3 Å². The van der Waals surface area contributed by atoms with Gasteiger partial charge in [-0.05, 0) is 38.0 Å². The molecule has 104 valence electrons. The van der Waals surface area contributed by atoms with Crippen molar-refractivity contribution >= 4 is 5.91 Å². The van der Waals surface area contributed by atoms with Gasteiger partial charge < -0.3 is 4.90 Å². The Balaban J connectivity index is 2.00. The van der Waals surface area contributed by atoms with Crippen LogP contribution in [0.15, 0.2) is 0 Å². The molecular weight excluding hydrogens is 224 g/mol. The van der Waals surface area contributed by atoms with Gasteiger partial charge in [-0.25, -0.2) is 0 Å². The Morgan fingerprint density at radius 3 is 2.61 bits per heavy atom. The average Bonchev–Trinajstić information content (AvgIpc) is 2.52. The van der Waals surface area contributed by atoms with E-state index in [9.17, 15) is 4.79 Å². The average molecular weight is 252 g/mol. The largest absolute Gasteiger partial charge is 0.323 e. The van der Waals surface area contributed by atoms with E-state index in [4.69, 9.17) is 0 Å². The van der Waals surface area contributed by atoms with Crippen LogP contribution in [0.1, 0.15) is 65.7 Å². The fraction of sp³-hybridized carbons (Fsp3) is 0.933. The predicted octanol–water partition coefficient (Wildman–Crippen LogP) is 2.90. The number of carbonyl (C=O) groups is 1. The molecule has 2 fully saturated rings. The second-order valence-corrected chi connectivity index (χ2v) is 6.34. The van der Waals surface area contributed by atoms with Crippen molar-refractivity contribution in [2.24, 2.45) is 5.92 Å². The third kappa shape index (κ3) is 2.87. The minimum atomic E-state index is 0.0919. The summed E-state index contributed by atoms with van der Waals surface area (Å²) in [5, 5.41) is 3.58. The SMILES string of the molecule is CCCCC1NC(CC(C)C)N(C2CCC2)C1=O. The number of nitrogens with one attached hydrogen (secondary N) is 1. The van der Waals surface area contributed by atoms with Crippen LogP contribution < -0.4 is 5.32 Å². The monoisotopic (exact) mass is 252 g/mol. The van der Waals surface area contributed by atoms with E-state index in [1.165, 1.54) is 25.7 Å². The van der Waals surface area contributed by atoms with Crippen LogP contribution in [0.2, 0.25) is 0 Å². The van der Waals surface area contributed by atoms with E-state index in [-0.39, 0.29) is 6.04 Å². The summed E-state index contributed by atoms with van der Waals surface area (Å²) < 4.78 is 0. The fourth-order valence-corrected chi connectivity index (χ4v) is 3.06. The van der Waals surface area contributed by atoms with Crippen molar-refractivity contribution in [3.8, 4) is 0 Å². The van der Waals surface area contributed by atoms with Gasteiger partial charge in [0.05, 0.1) is 12.2 Å². The number of hydrogen-bond donors (Lipinski definition) is 1. The van der Waals surface area contributed by atoms with Gasteiger partial charge in [0.2, 0.25) is 5.91 Å². The second kappa shape index (κ2) is 6.05. The van der Waals surface area contributed by atoms with Gasteiger partial charge in [0.15, 0.2) is 0 Å². The van der Waals surface area contributed by atoms with Crippen LogP contribution in [0, 0.1) is 5.92 Å². The van der Waals surface area contributed by atoms with Crippen LogP contribution in [0.4, 0.5) is 0 Å². The number of amides is 1. The zero-order valence-electron chi connectivity index (χ0n) is 12.1. The summed E-state index contributed by atoms with van der Waals surface area (Å²) in [5.74, 6) is 1.02. The molecule has 0 aromatic carbocycles. The first kappa shape index (κ1) is 13.9. The summed E-state index contributed by atoms with van der Waals surface area (Å²) in [4.78, 5) is 14.7. The Kier molecular flexibility index (Phi) is 4.66. The van der Waals surface area contributed by atoms with E-state index in [1.807, 2.05) is 0 Å². The highest BCUT2D eigenvalue weighted by Gasteiger charge is 2.43. The maximum atomic E-state index is 12.5. The molecule has 1 aliphatic heterocycles. The maximum absolute atomic E-state index is 12.5. The second-order valence-electron chi connectivity index (χ2n) is 6.34. The quantitative estimate of drug-likeness (QED) is 0.788. The van der Waals surface area contributed by atoms with Gasteiger partial charge in [-0.15, -0.1) is 0 Å². The normalized spacial score (nSPS) is 29.1. The van der Waals surface area contributed by atoms with E-state index in [1.54, 1.807) is 0 Å². The number of hydrogen-bond acceptors (Lipinski definition) is 2. The number of carbonyl (C=O) groups excluding carboxylic acids is 1. The lowest BCUT2D eigenvalue weighted by Crippen LogP contribution is -2.48. The molecule has 18 heavy (non-hydrogen) atoms. The summed E-state index contributed by atoms with van der Waals surface area (Å²) in [6.07, 6.45) is 8.43. The molecule has 3 nitrogen and oxygen atoms in total. The van der Waals surface area contributed by atoms with Gasteiger partial charge in [0.25, 0.3) is 0 Å². The van der Waals surface area contributed by atoms with E-state index in [0.717, 1.165) is 19.3 Å². The lowest BCUT2D eigenvalue weighted by molar-refractivity contribution is -0.134. The lowest BCUT2D eigenvalue weighted by Gasteiger charge is -2.38. The number of nitrogens with zero attached hydrogens (tertiary/aromatic N) is 1. The minimum absolute atomic E-state index is 0.0919. The lowest BCUT2D eigenvalue weighted by atomic mass is 9.90. The third-order valence-electron chi connectivity index (χ3n) is 4.29. The van der Waals surface area contributed by atoms with E-state index < -0.39 is 0 Å². The van der Waals surface area contributed by atoms with Crippen LogP contribution in [-0.2, 0) is 4.79 Å². The molecule has 2 aliphatic rings. The minimum Gasteiger partial charge on any atom is -0.323 e. The van der Waals surface area contributed by atoms with Crippen molar-refractivity contribution in [2.45, 2.75) is 84.0 Å². The molecule has 0 aromatic rings. The molecule has 1 amide bonds. The molecule has 1 aliphatic carbocycles. The summed E-state index contributed by atoms with van der Waals surface area (Å²) in [6, 6.07) is 0.620. The molecule has 1 saturated heterocycles. The Labute approximate surface area is 111 Å². The standard InChI is InChI=1S/C15H28N2O/c1-4-5-9-13-15(18)17(12-7-6-8-12)14(16-13)10-11(2)3/h11-14,16H,4-10H2,1-3H3. The van der Waals surface area contributed by atoms with Crippen LogP contribution in [0.5, 0.6) is 0 Å². The van der Waals surface area contributed by atoms with Crippen molar-refractivity contribution in [3.63, 3.8) is 0 Å². The molecule has 0 aromatic heterocycles. The Hall–Kier alpha value is -0.570. The van der Waals surface area contributed by atoms with Crippen molar-refractivity contribution in [2.75, 3.05) is 0 Å². The number of unbranched alkanes of at least 4 members (excludes halogenated alkanes) is 1. The molecular formula is C15H28N2O. The zero-order valence-corrected chi connectivity index (χ0v) is 12.1. The first-order valence-electron chi connectivity index (χ1n) is 7.71. The Bertz CT molecular complexity index is 286. The summed E-state index contributed by atoms with van der Waals surface area (Å²) in [7, 11) is 0. The highest BCUT2D eigenvalue weighted by Crippen LogP contribution is 2.31. The summed E-state index contributed by atoms with van der Waals surface area (Å²) >= 11 is 0. The summed E-state index contributed by atoms with van der Waals surface area (Å²) in [6.45, 7) is 6.67. The smallest absolute Gasteiger partial charge is 0.241 e. The highest BCUT2D eigenvalue weighted by atomic mass is 16.2. The predicted molar refractivity (Wildman–Crippen MR) is 74.2 cm³/mol. The molecule has 0 spiro atoms. The van der Waals surface area contributed by atoms with E-state index in [0.29, 0.717) is 24.0 Å². The van der Waals surface area contributed by atoms with Gasteiger partial charge in [0.1, 0.15) is 0 Å².